The number of thioether (sulfide) groups is 1. The molecule has 0 saturated heterocycles. The summed E-state index contributed by atoms with van der Waals surface area (Å²) in [6.07, 6.45) is -4.29. The van der Waals surface area contributed by atoms with Gasteiger partial charge in [0.2, 0.25) is 5.91 Å². The normalized spacial score (nSPS) is 11.1. The van der Waals surface area contributed by atoms with Crippen molar-refractivity contribution < 1.29 is 22.8 Å². The minimum atomic E-state index is -4.29. The summed E-state index contributed by atoms with van der Waals surface area (Å²) in [5, 5.41) is 5.29. The first-order valence-corrected chi connectivity index (χ1v) is 8.66. The number of hydrogen-bond acceptors (Lipinski definition) is 3. The lowest BCUT2D eigenvalue weighted by atomic mass is 10.1. The lowest BCUT2D eigenvalue weighted by Crippen LogP contribution is -2.19. The van der Waals surface area contributed by atoms with E-state index in [9.17, 15) is 22.8 Å². The molecule has 2 amide bonds. The van der Waals surface area contributed by atoms with Crippen LogP contribution >= 0.6 is 11.8 Å². The van der Waals surface area contributed by atoms with Gasteiger partial charge in [0.25, 0.3) is 5.91 Å². The number of carbonyl (C=O) groups excluding carboxylic acids is 2. The molecular weight excluding hydrogens is 365 g/mol. The number of alkyl halides is 3. The minimum absolute atomic E-state index is 0.153. The zero-order valence-corrected chi connectivity index (χ0v) is 14.7. The van der Waals surface area contributed by atoms with Crippen LogP contribution in [0.5, 0.6) is 0 Å². The maximum absolute atomic E-state index is 12.4. The van der Waals surface area contributed by atoms with E-state index in [1.54, 1.807) is 42.5 Å². The van der Waals surface area contributed by atoms with Gasteiger partial charge < -0.3 is 10.6 Å². The molecule has 8 heteroatoms. The zero-order valence-electron chi connectivity index (χ0n) is 13.9. The summed E-state index contributed by atoms with van der Waals surface area (Å²) < 4.78 is 37.2. The van der Waals surface area contributed by atoms with Crippen molar-refractivity contribution >= 4 is 29.3 Å². The zero-order chi connectivity index (χ0) is 19.2. The molecule has 2 N–H and O–H groups in total. The van der Waals surface area contributed by atoms with E-state index < -0.39 is 17.8 Å². The highest BCUT2D eigenvalue weighted by Gasteiger charge is 2.27. The molecule has 0 aromatic heterocycles. The third kappa shape index (κ3) is 6.44. The monoisotopic (exact) mass is 382 g/mol. The number of para-hydroxylation sites is 1. The third-order valence-electron chi connectivity index (χ3n) is 3.28. The van der Waals surface area contributed by atoms with Gasteiger partial charge in [0.05, 0.1) is 11.4 Å². The summed E-state index contributed by atoms with van der Waals surface area (Å²) >= 11 is 0.623. The van der Waals surface area contributed by atoms with Crippen LogP contribution in [0.3, 0.4) is 0 Å². The Balaban J connectivity index is 2.04. The number of anilines is 1. The van der Waals surface area contributed by atoms with Gasteiger partial charge in [-0.3, -0.25) is 9.59 Å². The maximum Gasteiger partial charge on any atom is 0.398 e. The van der Waals surface area contributed by atoms with Gasteiger partial charge in [-0.15, -0.1) is 11.8 Å². The van der Waals surface area contributed by atoms with E-state index in [1.165, 1.54) is 13.0 Å². The van der Waals surface area contributed by atoms with Crippen LogP contribution in [0.2, 0.25) is 0 Å². The van der Waals surface area contributed by atoms with Gasteiger partial charge in [0.1, 0.15) is 0 Å². The van der Waals surface area contributed by atoms with E-state index in [0.29, 0.717) is 34.5 Å². The summed E-state index contributed by atoms with van der Waals surface area (Å²) in [6.45, 7) is 1.77. The number of amides is 2. The predicted octanol–water partition coefficient (Wildman–Crippen LogP) is 4.23. The van der Waals surface area contributed by atoms with Crippen molar-refractivity contribution in [2.45, 2.75) is 24.5 Å². The lowest BCUT2D eigenvalue weighted by Gasteiger charge is -2.12. The highest BCUT2D eigenvalue weighted by Crippen LogP contribution is 2.32. The molecule has 4 nitrogen and oxygen atoms in total. The maximum atomic E-state index is 12.4. The van der Waals surface area contributed by atoms with Gasteiger partial charge in [-0.1, -0.05) is 24.3 Å². The number of benzene rings is 2. The van der Waals surface area contributed by atoms with Crippen molar-refractivity contribution in [3.8, 4) is 0 Å². The first kappa shape index (κ1) is 19.8. The molecule has 2 aromatic carbocycles. The fourth-order valence-electron chi connectivity index (χ4n) is 2.05. The predicted molar refractivity (Wildman–Crippen MR) is 95.1 cm³/mol. The number of nitrogens with one attached hydrogen (secondary N) is 2. The Hall–Kier alpha value is -2.48. The largest absolute Gasteiger partial charge is 0.398 e. The van der Waals surface area contributed by atoms with Gasteiger partial charge in [-0.2, -0.15) is 13.2 Å². The van der Waals surface area contributed by atoms with E-state index in [-0.39, 0.29) is 5.91 Å². The van der Waals surface area contributed by atoms with Crippen molar-refractivity contribution in [1.82, 2.24) is 5.32 Å². The van der Waals surface area contributed by atoms with Crippen LogP contribution in [-0.2, 0) is 11.3 Å². The van der Waals surface area contributed by atoms with Crippen LogP contribution in [0, 0.1) is 0 Å². The second-order valence-electron chi connectivity index (χ2n) is 5.46. The van der Waals surface area contributed by atoms with Crippen molar-refractivity contribution in [2.75, 3.05) is 11.1 Å². The molecule has 0 heterocycles. The van der Waals surface area contributed by atoms with Gasteiger partial charge >= 0.3 is 6.18 Å². The SMILES string of the molecule is CC(=O)NCc1ccc(C(=O)Nc2ccccc2SCC(F)(F)F)cc1. The van der Waals surface area contributed by atoms with Crippen LogP contribution in [-0.4, -0.2) is 23.7 Å². The van der Waals surface area contributed by atoms with Gasteiger partial charge in [-0.05, 0) is 29.8 Å². The second-order valence-corrected chi connectivity index (χ2v) is 6.48. The highest BCUT2D eigenvalue weighted by molar-refractivity contribution is 7.99. The standard InChI is InChI=1S/C18H17F3N2O2S/c1-12(24)22-10-13-6-8-14(9-7-13)17(25)23-15-4-2-3-5-16(15)26-11-18(19,20)21/h2-9H,10-11H2,1H3,(H,22,24)(H,23,25). The smallest absolute Gasteiger partial charge is 0.352 e. The van der Waals surface area contributed by atoms with Crippen LogP contribution in [0.4, 0.5) is 18.9 Å². The van der Waals surface area contributed by atoms with Gasteiger partial charge in [0.15, 0.2) is 0 Å². The number of rotatable bonds is 6. The lowest BCUT2D eigenvalue weighted by molar-refractivity contribution is -0.119. The van der Waals surface area contributed by atoms with E-state index in [4.69, 9.17) is 0 Å². The topological polar surface area (TPSA) is 58.2 Å². The Morgan fingerprint density at radius 2 is 1.69 bits per heavy atom. The fraction of sp³-hybridized carbons (Fsp3) is 0.222. The molecule has 2 aromatic rings. The highest BCUT2D eigenvalue weighted by atomic mass is 32.2. The molecule has 0 bridgehead atoms. The minimum Gasteiger partial charge on any atom is -0.352 e. The second kappa shape index (κ2) is 8.75. The summed E-state index contributed by atoms with van der Waals surface area (Å²) in [4.78, 5) is 23.6. The number of halogens is 3. The Morgan fingerprint density at radius 3 is 2.31 bits per heavy atom. The quantitative estimate of drug-likeness (QED) is 0.735. The summed E-state index contributed by atoms with van der Waals surface area (Å²) in [7, 11) is 0. The Kier molecular flexibility index (Phi) is 6.68. The first-order valence-electron chi connectivity index (χ1n) is 7.68. The number of carbonyl (C=O) groups is 2. The first-order chi connectivity index (χ1) is 12.2. The molecule has 0 radical (unpaired) electrons. The molecule has 26 heavy (non-hydrogen) atoms. The molecular formula is C18H17F3N2O2S. The van der Waals surface area contributed by atoms with Crippen LogP contribution in [0.15, 0.2) is 53.4 Å². The molecule has 0 unspecified atom stereocenters. The number of hydrogen-bond donors (Lipinski definition) is 2. The van der Waals surface area contributed by atoms with E-state index in [1.807, 2.05) is 0 Å². The van der Waals surface area contributed by atoms with E-state index in [0.717, 1.165) is 5.56 Å². The van der Waals surface area contributed by atoms with Crippen molar-refractivity contribution in [3.05, 3.63) is 59.7 Å². The van der Waals surface area contributed by atoms with Crippen LogP contribution in [0.1, 0.15) is 22.8 Å². The molecule has 0 aliphatic rings. The van der Waals surface area contributed by atoms with Gasteiger partial charge in [0, 0.05) is 23.9 Å². The third-order valence-corrected chi connectivity index (χ3v) is 4.42. The molecule has 0 fully saturated rings. The summed E-state index contributed by atoms with van der Waals surface area (Å²) in [5.74, 6) is -1.60. The van der Waals surface area contributed by atoms with E-state index in [2.05, 4.69) is 10.6 Å². The van der Waals surface area contributed by atoms with Crippen molar-refractivity contribution in [3.63, 3.8) is 0 Å². The molecule has 0 aliphatic heterocycles. The van der Waals surface area contributed by atoms with Crippen LogP contribution < -0.4 is 10.6 Å². The molecule has 0 atom stereocenters. The Bertz CT molecular complexity index is 777. The van der Waals surface area contributed by atoms with Crippen molar-refractivity contribution in [1.29, 1.82) is 0 Å². The molecule has 2 rings (SSSR count). The Morgan fingerprint density at radius 1 is 1.04 bits per heavy atom. The molecule has 0 aliphatic carbocycles. The summed E-state index contributed by atoms with van der Waals surface area (Å²) in [5.41, 5.74) is 1.53. The fourth-order valence-corrected chi connectivity index (χ4v) is 2.82. The molecule has 0 saturated carbocycles. The average molecular weight is 382 g/mol. The summed E-state index contributed by atoms with van der Waals surface area (Å²) in [6, 6.07) is 12.9. The molecule has 0 spiro atoms. The average Bonchev–Trinajstić information content (AvgIpc) is 2.59. The molecule has 138 valence electrons. The van der Waals surface area contributed by atoms with E-state index >= 15 is 0 Å². The Labute approximate surface area is 153 Å². The van der Waals surface area contributed by atoms with Gasteiger partial charge in [-0.25, -0.2) is 0 Å². The van der Waals surface area contributed by atoms with Crippen LogP contribution in [0.25, 0.3) is 0 Å². The van der Waals surface area contributed by atoms with Crippen molar-refractivity contribution in [2.24, 2.45) is 0 Å².